The van der Waals surface area contributed by atoms with Crippen molar-refractivity contribution in [1.29, 1.82) is 0 Å². The minimum Gasteiger partial charge on any atom is -0.375 e. The molecule has 0 amide bonds. The highest BCUT2D eigenvalue weighted by Crippen LogP contribution is 2.40. The van der Waals surface area contributed by atoms with E-state index in [0.717, 1.165) is 37.2 Å². The van der Waals surface area contributed by atoms with Crippen molar-refractivity contribution in [3.05, 3.63) is 35.6 Å². The number of ether oxygens (including phenoxy) is 1. The Labute approximate surface area is 129 Å². The average molecular weight is 308 g/mol. The molecular formula is C17H21FO2S. The van der Waals surface area contributed by atoms with Gasteiger partial charge in [0.2, 0.25) is 0 Å². The maximum absolute atomic E-state index is 13.7. The summed E-state index contributed by atoms with van der Waals surface area (Å²) in [5, 5.41) is 0. The van der Waals surface area contributed by atoms with Crippen LogP contribution in [0.4, 0.5) is 4.39 Å². The first-order valence-corrected chi connectivity index (χ1v) is 8.82. The Morgan fingerprint density at radius 1 is 1.33 bits per heavy atom. The normalized spacial score (nSPS) is 24.9. The highest BCUT2D eigenvalue weighted by molar-refractivity contribution is 7.99. The van der Waals surface area contributed by atoms with E-state index >= 15 is 0 Å². The van der Waals surface area contributed by atoms with E-state index in [1.165, 1.54) is 6.07 Å². The Balaban J connectivity index is 1.66. The standard InChI is InChI=1S/C17H21FO2S/c18-15-4-2-1-3-13(15)11-16(19)14-5-8-20-17(12-14)6-9-21-10-7-17/h1-4,14H,5-12H2. The van der Waals surface area contributed by atoms with Gasteiger partial charge in [0.1, 0.15) is 11.6 Å². The zero-order valence-corrected chi connectivity index (χ0v) is 13.0. The molecule has 2 fully saturated rings. The summed E-state index contributed by atoms with van der Waals surface area (Å²) in [4.78, 5) is 12.5. The first kappa shape index (κ1) is 15.0. The molecule has 21 heavy (non-hydrogen) atoms. The molecule has 4 heteroatoms. The number of carbonyl (C=O) groups is 1. The quantitative estimate of drug-likeness (QED) is 0.853. The summed E-state index contributed by atoms with van der Waals surface area (Å²) in [5.41, 5.74) is 0.432. The molecule has 0 radical (unpaired) electrons. The number of benzene rings is 1. The molecule has 2 aliphatic rings. The van der Waals surface area contributed by atoms with E-state index in [-0.39, 0.29) is 29.5 Å². The van der Waals surface area contributed by atoms with Gasteiger partial charge < -0.3 is 4.74 Å². The van der Waals surface area contributed by atoms with E-state index in [2.05, 4.69) is 0 Å². The van der Waals surface area contributed by atoms with E-state index in [1.54, 1.807) is 18.2 Å². The Morgan fingerprint density at radius 3 is 2.86 bits per heavy atom. The van der Waals surface area contributed by atoms with Gasteiger partial charge in [-0.15, -0.1) is 0 Å². The van der Waals surface area contributed by atoms with Crippen LogP contribution in [0.15, 0.2) is 24.3 Å². The van der Waals surface area contributed by atoms with Gasteiger partial charge in [0, 0.05) is 18.9 Å². The minimum atomic E-state index is -0.276. The molecule has 0 saturated carbocycles. The molecule has 0 aromatic heterocycles. The number of ketones is 1. The fourth-order valence-electron chi connectivity index (χ4n) is 3.37. The number of rotatable bonds is 3. The summed E-state index contributed by atoms with van der Waals surface area (Å²) in [6.07, 6.45) is 3.90. The summed E-state index contributed by atoms with van der Waals surface area (Å²) < 4.78 is 19.7. The molecule has 0 N–H and O–H groups in total. The second kappa shape index (κ2) is 6.49. The molecule has 114 valence electrons. The van der Waals surface area contributed by atoms with E-state index in [9.17, 15) is 9.18 Å². The number of hydrogen-bond acceptors (Lipinski definition) is 3. The van der Waals surface area contributed by atoms with Crippen LogP contribution in [0.2, 0.25) is 0 Å². The van der Waals surface area contributed by atoms with Crippen LogP contribution in [0.1, 0.15) is 31.2 Å². The number of carbonyl (C=O) groups excluding carboxylic acids is 1. The van der Waals surface area contributed by atoms with Gasteiger partial charge in [0.25, 0.3) is 0 Å². The third-order valence-electron chi connectivity index (χ3n) is 4.67. The van der Waals surface area contributed by atoms with Gasteiger partial charge in [0.05, 0.1) is 5.60 Å². The molecular weight excluding hydrogens is 287 g/mol. The smallest absolute Gasteiger partial charge is 0.140 e. The predicted molar refractivity (Wildman–Crippen MR) is 83.1 cm³/mol. The van der Waals surface area contributed by atoms with Crippen molar-refractivity contribution in [2.75, 3.05) is 18.1 Å². The number of Topliss-reactive ketones (excluding diaryl/α,β-unsaturated/α-hetero) is 1. The summed E-state index contributed by atoms with van der Waals surface area (Å²) in [7, 11) is 0. The van der Waals surface area contributed by atoms with Crippen LogP contribution in [0.25, 0.3) is 0 Å². The van der Waals surface area contributed by atoms with Crippen LogP contribution in [0, 0.1) is 11.7 Å². The Kier molecular flexibility index (Phi) is 4.65. The molecule has 0 aliphatic carbocycles. The van der Waals surface area contributed by atoms with Crippen molar-refractivity contribution in [3.63, 3.8) is 0 Å². The van der Waals surface area contributed by atoms with E-state index in [1.807, 2.05) is 11.8 Å². The van der Waals surface area contributed by atoms with Crippen LogP contribution < -0.4 is 0 Å². The average Bonchev–Trinajstić information content (AvgIpc) is 2.50. The molecule has 2 saturated heterocycles. The molecule has 1 unspecified atom stereocenters. The molecule has 1 aromatic carbocycles. The fourth-order valence-corrected chi connectivity index (χ4v) is 4.61. The molecule has 2 heterocycles. The van der Waals surface area contributed by atoms with E-state index in [4.69, 9.17) is 4.74 Å². The van der Waals surface area contributed by atoms with Gasteiger partial charge in [-0.3, -0.25) is 4.79 Å². The number of thioether (sulfide) groups is 1. The monoisotopic (exact) mass is 308 g/mol. The lowest BCUT2D eigenvalue weighted by Gasteiger charge is -2.43. The highest BCUT2D eigenvalue weighted by Gasteiger charge is 2.40. The lowest BCUT2D eigenvalue weighted by molar-refractivity contribution is -0.137. The van der Waals surface area contributed by atoms with Crippen LogP contribution >= 0.6 is 11.8 Å². The van der Waals surface area contributed by atoms with E-state index in [0.29, 0.717) is 12.2 Å². The van der Waals surface area contributed by atoms with Crippen LogP contribution in [-0.4, -0.2) is 29.5 Å². The van der Waals surface area contributed by atoms with Crippen molar-refractivity contribution in [2.45, 2.75) is 37.7 Å². The fraction of sp³-hybridized carbons (Fsp3) is 0.588. The molecule has 1 spiro atoms. The Morgan fingerprint density at radius 2 is 2.10 bits per heavy atom. The van der Waals surface area contributed by atoms with Gasteiger partial charge in [-0.2, -0.15) is 11.8 Å². The molecule has 2 nitrogen and oxygen atoms in total. The van der Waals surface area contributed by atoms with Gasteiger partial charge in [0.15, 0.2) is 0 Å². The van der Waals surface area contributed by atoms with Crippen molar-refractivity contribution >= 4 is 17.5 Å². The lowest BCUT2D eigenvalue weighted by Crippen LogP contribution is -2.44. The van der Waals surface area contributed by atoms with Gasteiger partial charge >= 0.3 is 0 Å². The van der Waals surface area contributed by atoms with Crippen molar-refractivity contribution in [1.82, 2.24) is 0 Å². The summed E-state index contributed by atoms with van der Waals surface area (Å²) in [6, 6.07) is 6.58. The predicted octanol–water partition coefficient (Wildman–Crippen LogP) is 3.63. The highest BCUT2D eigenvalue weighted by atomic mass is 32.2. The lowest BCUT2D eigenvalue weighted by atomic mass is 9.79. The largest absolute Gasteiger partial charge is 0.375 e. The van der Waals surface area contributed by atoms with Crippen LogP contribution in [0.5, 0.6) is 0 Å². The Hall–Kier alpha value is -0.870. The molecule has 3 rings (SSSR count). The molecule has 2 aliphatic heterocycles. The molecule has 0 bridgehead atoms. The van der Waals surface area contributed by atoms with E-state index < -0.39 is 0 Å². The second-order valence-corrected chi connectivity index (χ2v) is 7.29. The summed E-state index contributed by atoms with van der Waals surface area (Å²) >= 11 is 1.96. The maximum Gasteiger partial charge on any atom is 0.140 e. The zero-order valence-electron chi connectivity index (χ0n) is 12.1. The first-order chi connectivity index (χ1) is 10.2. The first-order valence-electron chi connectivity index (χ1n) is 7.66. The van der Waals surface area contributed by atoms with Crippen molar-refractivity contribution < 1.29 is 13.9 Å². The van der Waals surface area contributed by atoms with Gasteiger partial charge in [-0.25, -0.2) is 4.39 Å². The third kappa shape index (κ3) is 3.49. The second-order valence-electron chi connectivity index (χ2n) is 6.07. The van der Waals surface area contributed by atoms with Crippen LogP contribution in [0.3, 0.4) is 0 Å². The summed E-state index contributed by atoms with van der Waals surface area (Å²) in [5.74, 6) is 2.16. The van der Waals surface area contributed by atoms with Gasteiger partial charge in [-0.05, 0) is 48.8 Å². The summed E-state index contributed by atoms with van der Waals surface area (Å²) in [6.45, 7) is 0.665. The van der Waals surface area contributed by atoms with Gasteiger partial charge in [-0.1, -0.05) is 18.2 Å². The maximum atomic E-state index is 13.7. The Bertz CT molecular complexity index is 506. The number of hydrogen-bond donors (Lipinski definition) is 0. The zero-order chi connectivity index (χ0) is 14.7. The SMILES string of the molecule is O=C(Cc1ccccc1F)C1CCOC2(CCSCC2)C1. The third-order valence-corrected chi connectivity index (χ3v) is 5.66. The topological polar surface area (TPSA) is 26.3 Å². The van der Waals surface area contributed by atoms with Crippen molar-refractivity contribution in [3.8, 4) is 0 Å². The van der Waals surface area contributed by atoms with Crippen molar-refractivity contribution in [2.24, 2.45) is 5.92 Å². The number of halogens is 1. The molecule has 1 atom stereocenters. The minimum absolute atomic E-state index is 0.0291. The molecule has 1 aromatic rings. The van der Waals surface area contributed by atoms with Crippen LogP contribution in [-0.2, 0) is 16.0 Å².